The lowest BCUT2D eigenvalue weighted by molar-refractivity contribution is -0.140. The molecule has 0 saturated heterocycles. The van der Waals surface area contributed by atoms with E-state index < -0.39 is 0 Å². The van der Waals surface area contributed by atoms with Gasteiger partial charge in [-0.05, 0) is 25.0 Å². The molecule has 6 nitrogen and oxygen atoms in total. The molecule has 1 aliphatic rings. The van der Waals surface area contributed by atoms with Gasteiger partial charge in [-0.3, -0.25) is 14.5 Å². The number of carbonyl (C=O) groups is 2. The molecule has 1 unspecified atom stereocenters. The number of fused-ring (bicyclic) bond motifs is 3. The lowest BCUT2D eigenvalue weighted by Gasteiger charge is -2.32. The Bertz CT molecular complexity index is 753. The van der Waals surface area contributed by atoms with Crippen LogP contribution in [-0.2, 0) is 20.7 Å². The number of benzene rings is 1. The summed E-state index contributed by atoms with van der Waals surface area (Å²) in [6, 6.07) is 8.48. The molecule has 1 amide bonds. The fourth-order valence-electron chi connectivity index (χ4n) is 3.34. The first-order valence-electron chi connectivity index (χ1n) is 8.27. The van der Waals surface area contributed by atoms with Crippen molar-refractivity contribution in [3.8, 4) is 0 Å². The van der Waals surface area contributed by atoms with Gasteiger partial charge >= 0.3 is 5.97 Å². The van der Waals surface area contributed by atoms with Crippen molar-refractivity contribution in [3.63, 3.8) is 0 Å². The van der Waals surface area contributed by atoms with Gasteiger partial charge in [-0.15, -0.1) is 0 Å². The number of esters is 1. The number of aromatic amines is 1. The first-order valence-corrected chi connectivity index (χ1v) is 8.27. The molecule has 3 rings (SSSR count). The SMILES string of the molecule is COC(=O)CCNC(=O)CN1CCc2c([nH]c3ccccc23)C1C. The van der Waals surface area contributed by atoms with Gasteiger partial charge in [0.2, 0.25) is 5.91 Å². The second kappa shape index (κ2) is 7.05. The molecule has 0 spiro atoms. The Balaban J connectivity index is 1.62. The van der Waals surface area contributed by atoms with Gasteiger partial charge < -0.3 is 15.0 Å². The predicted octanol–water partition coefficient (Wildman–Crippen LogP) is 1.77. The Morgan fingerprint density at radius 1 is 1.38 bits per heavy atom. The molecular formula is C18H23N3O3. The summed E-state index contributed by atoms with van der Waals surface area (Å²) in [6.07, 6.45) is 1.13. The summed E-state index contributed by atoms with van der Waals surface area (Å²) in [5.41, 5.74) is 3.71. The van der Waals surface area contributed by atoms with Crippen molar-refractivity contribution >= 4 is 22.8 Å². The van der Waals surface area contributed by atoms with Gasteiger partial charge in [0.25, 0.3) is 0 Å². The van der Waals surface area contributed by atoms with Crippen LogP contribution < -0.4 is 5.32 Å². The zero-order valence-electron chi connectivity index (χ0n) is 14.1. The highest BCUT2D eigenvalue weighted by Gasteiger charge is 2.28. The van der Waals surface area contributed by atoms with E-state index in [1.54, 1.807) is 0 Å². The highest BCUT2D eigenvalue weighted by molar-refractivity contribution is 5.85. The standard InChI is InChI=1S/C18H23N3O3/c1-12-18-14(13-5-3-4-6-15(13)20-18)8-10-21(12)11-16(22)19-9-7-17(23)24-2/h3-6,12,20H,7-11H2,1-2H3,(H,19,22). The molecule has 1 aromatic carbocycles. The van der Waals surface area contributed by atoms with Crippen LogP contribution in [0.3, 0.4) is 0 Å². The third kappa shape index (κ3) is 3.28. The predicted molar refractivity (Wildman–Crippen MR) is 91.6 cm³/mol. The van der Waals surface area contributed by atoms with E-state index in [-0.39, 0.29) is 24.3 Å². The Morgan fingerprint density at radius 3 is 2.96 bits per heavy atom. The van der Waals surface area contributed by atoms with Crippen molar-refractivity contribution in [1.82, 2.24) is 15.2 Å². The molecule has 1 aromatic heterocycles. The third-order valence-electron chi connectivity index (χ3n) is 4.69. The number of amides is 1. The highest BCUT2D eigenvalue weighted by atomic mass is 16.5. The summed E-state index contributed by atoms with van der Waals surface area (Å²) in [7, 11) is 1.34. The van der Waals surface area contributed by atoms with Crippen LogP contribution in [0, 0.1) is 0 Å². The maximum absolute atomic E-state index is 12.1. The van der Waals surface area contributed by atoms with Crippen molar-refractivity contribution in [2.75, 3.05) is 26.7 Å². The van der Waals surface area contributed by atoms with E-state index in [0.29, 0.717) is 13.1 Å². The molecule has 0 radical (unpaired) electrons. The number of para-hydroxylation sites is 1. The Morgan fingerprint density at radius 2 is 2.17 bits per heavy atom. The first kappa shape index (κ1) is 16.5. The van der Waals surface area contributed by atoms with Gasteiger partial charge in [0, 0.05) is 35.7 Å². The first-order chi connectivity index (χ1) is 11.6. The van der Waals surface area contributed by atoms with E-state index in [0.717, 1.165) is 18.5 Å². The van der Waals surface area contributed by atoms with E-state index >= 15 is 0 Å². The zero-order chi connectivity index (χ0) is 17.1. The van der Waals surface area contributed by atoms with Gasteiger partial charge in [0.05, 0.1) is 20.1 Å². The molecule has 6 heteroatoms. The minimum absolute atomic E-state index is 0.0645. The molecule has 0 fully saturated rings. The van der Waals surface area contributed by atoms with Crippen LogP contribution in [0.1, 0.15) is 30.6 Å². The lowest BCUT2D eigenvalue weighted by atomic mass is 9.98. The average Bonchev–Trinajstić information content (AvgIpc) is 2.97. The largest absolute Gasteiger partial charge is 0.469 e. The fraction of sp³-hybridized carbons (Fsp3) is 0.444. The van der Waals surface area contributed by atoms with Crippen molar-refractivity contribution < 1.29 is 14.3 Å². The minimum atomic E-state index is -0.315. The fourth-order valence-corrected chi connectivity index (χ4v) is 3.34. The molecule has 2 N–H and O–H groups in total. The van der Waals surface area contributed by atoms with Crippen molar-refractivity contribution in [2.45, 2.75) is 25.8 Å². The van der Waals surface area contributed by atoms with Crippen molar-refractivity contribution in [2.24, 2.45) is 0 Å². The second-order valence-electron chi connectivity index (χ2n) is 6.14. The Kier molecular flexibility index (Phi) is 4.85. The monoisotopic (exact) mass is 329 g/mol. The van der Waals surface area contributed by atoms with Crippen LogP contribution in [0.25, 0.3) is 10.9 Å². The van der Waals surface area contributed by atoms with Crippen LogP contribution in [-0.4, -0.2) is 48.5 Å². The van der Waals surface area contributed by atoms with Crippen LogP contribution in [0.5, 0.6) is 0 Å². The van der Waals surface area contributed by atoms with E-state index in [4.69, 9.17) is 0 Å². The number of hydrogen-bond donors (Lipinski definition) is 2. The van der Waals surface area contributed by atoms with Crippen LogP contribution in [0.15, 0.2) is 24.3 Å². The van der Waals surface area contributed by atoms with Gasteiger partial charge in [-0.2, -0.15) is 0 Å². The molecule has 2 heterocycles. The Labute approximate surface area is 141 Å². The number of hydrogen-bond acceptors (Lipinski definition) is 4. The summed E-state index contributed by atoms with van der Waals surface area (Å²) < 4.78 is 4.56. The smallest absolute Gasteiger partial charge is 0.307 e. The maximum Gasteiger partial charge on any atom is 0.307 e. The number of methoxy groups -OCH3 is 1. The third-order valence-corrected chi connectivity index (χ3v) is 4.69. The minimum Gasteiger partial charge on any atom is -0.469 e. The number of H-pyrrole nitrogens is 1. The molecule has 1 atom stereocenters. The van der Waals surface area contributed by atoms with E-state index in [2.05, 4.69) is 45.1 Å². The average molecular weight is 329 g/mol. The van der Waals surface area contributed by atoms with E-state index in [1.165, 1.54) is 23.8 Å². The molecular weight excluding hydrogens is 306 g/mol. The molecule has 24 heavy (non-hydrogen) atoms. The lowest BCUT2D eigenvalue weighted by Crippen LogP contribution is -2.42. The number of rotatable bonds is 5. The number of ether oxygens (including phenoxy) is 1. The molecule has 128 valence electrons. The van der Waals surface area contributed by atoms with E-state index in [9.17, 15) is 9.59 Å². The van der Waals surface area contributed by atoms with Crippen LogP contribution in [0.2, 0.25) is 0 Å². The molecule has 2 aromatic rings. The van der Waals surface area contributed by atoms with Crippen LogP contribution in [0.4, 0.5) is 0 Å². The van der Waals surface area contributed by atoms with Crippen LogP contribution >= 0.6 is 0 Å². The maximum atomic E-state index is 12.1. The quantitative estimate of drug-likeness (QED) is 0.820. The Hall–Kier alpha value is -2.34. The highest BCUT2D eigenvalue weighted by Crippen LogP contribution is 2.33. The summed E-state index contributed by atoms with van der Waals surface area (Å²) in [5.74, 6) is -0.380. The second-order valence-corrected chi connectivity index (χ2v) is 6.14. The topological polar surface area (TPSA) is 74.4 Å². The van der Waals surface area contributed by atoms with Crippen molar-refractivity contribution in [3.05, 3.63) is 35.5 Å². The van der Waals surface area contributed by atoms with Crippen molar-refractivity contribution in [1.29, 1.82) is 0 Å². The molecule has 0 bridgehead atoms. The van der Waals surface area contributed by atoms with Gasteiger partial charge in [-0.25, -0.2) is 0 Å². The van der Waals surface area contributed by atoms with Gasteiger partial charge in [0.15, 0.2) is 0 Å². The molecule has 1 aliphatic heterocycles. The van der Waals surface area contributed by atoms with Gasteiger partial charge in [-0.1, -0.05) is 18.2 Å². The number of nitrogens with zero attached hydrogens (tertiary/aromatic N) is 1. The molecule has 0 aliphatic carbocycles. The number of nitrogens with one attached hydrogen (secondary N) is 2. The summed E-state index contributed by atoms with van der Waals surface area (Å²) in [5, 5.41) is 4.05. The van der Waals surface area contributed by atoms with E-state index in [1.807, 2.05) is 6.07 Å². The summed E-state index contributed by atoms with van der Waals surface area (Å²) in [4.78, 5) is 28.8. The normalized spacial score (nSPS) is 17.5. The summed E-state index contributed by atoms with van der Waals surface area (Å²) in [6.45, 7) is 3.61. The van der Waals surface area contributed by atoms with Gasteiger partial charge in [0.1, 0.15) is 0 Å². The molecule has 0 saturated carbocycles. The number of aromatic nitrogens is 1. The number of carbonyl (C=O) groups excluding carboxylic acids is 2. The summed E-state index contributed by atoms with van der Waals surface area (Å²) >= 11 is 0. The zero-order valence-corrected chi connectivity index (χ0v) is 14.1.